The van der Waals surface area contributed by atoms with Gasteiger partial charge in [0, 0.05) is 18.6 Å². The lowest BCUT2D eigenvalue weighted by Crippen LogP contribution is -2.44. The molecule has 1 aliphatic heterocycles. The van der Waals surface area contributed by atoms with Gasteiger partial charge in [-0.3, -0.25) is 0 Å². The zero-order chi connectivity index (χ0) is 15.4. The molecule has 1 heterocycles. The molecular weight excluding hydrogens is 258 g/mol. The molecule has 0 radical (unpaired) electrons. The number of hydrogen-bond acceptors (Lipinski definition) is 3. The highest BCUT2D eigenvalue weighted by molar-refractivity contribution is 5.26. The van der Waals surface area contributed by atoms with Crippen LogP contribution in [-0.4, -0.2) is 49.6 Å². The Hall–Kier alpha value is -0.900. The molecule has 0 amide bonds. The summed E-state index contributed by atoms with van der Waals surface area (Å²) in [7, 11) is 4.37. The summed E-state index contributed by atoms with van der Waals surface area (Å²) in [5, 5.41) is 0. The molecule has 0 saturated carbocycles. The molecule has 1 fully saturated rings. The van der Waals surface area contributed by atoms with Crippen LogP contribution in [0.1, 0.15) is 49.8 Å². The summed E-state index contributed by atoms with van der Waals surface area (Å²) in [6.45, 7) is 7.76. The molecule has 3 nitrogen and oxygen atoms in total. The van der Waals surface area contributed by atoms with Gasteiger partial charge in [-0.25, -0.2) is 0 Å². The van der Waals surface area contributed by atoms with Gasteiger partial charge in [-0.1, -0.05) is 38.1 Å². The molecule has 1 aliphatic rings. The van der Waals surface area contributed by atoms with Crippen LogP contribution >= 0.6 is 0 Å². The molecule has 1 saturated heterocycles. The summed E-state index contributed by atoms with van der Waals surface area (Å²) < 4.78 is 0. The third-order valence-corrected chi connectivity index (χ3v) is 4.77. The van der Waals surface area contributed by atoms with E-state index in [1.54, 1.807) is 0 Å². The molecule has 1 aromatic rings. The average Bonchev–Trinajstić information content (AvgIpc) is 2.47. The Morgan fingerprint density at radius 1 is 1.10 bits per heavy atom. The smallest absolute Gasteiger partial charge is 0.0424 e. The number of likely N-dealkylation sites (tertiary alicyclic amines) is 1. The van der Waals surface area contributed by atoms with Crippen LogP contribution in [-0.2, 0) is 0 Å². The minimum atomic E-state index is 0.127. The largest absolute Gasteiger partial charge is 0.323 e. The van der Waals surface area contributed by atoms with Gasteiger partial charge in [0.15, 0.2) is 0 Å². The highest BCUT2D eigenvalue weighted by Crippen LogP contribution is 2.20. The molecule has 1 atom stereocenters. The quantitative estimate of drug-likeness (QED) is 0.904. The number of hydrogen-bond donors (Lipinski definition) is 1. The lowest BCUT2D eigenvalue weighted by atomic mass is 9.98. The van der Waals surface area contributed by atoms with Crippen LogP contribution < -0.4 is 5.73 Å². The zero-order valence-electron chi connectivity index (χ0n) is 14.0. The predicted octanol–water partition coefficient (Wildman–Crippen LogP) is 2.84. The fraction of sp³-hybridized carbons (Fsp3) is 0.667. The number of benzene rings is 1. The summed E-state index contributed by atoms with van der Waals surface area (Å²) >= 11 is 0. The van der Waals surface area contributed by atoms with Crippen LogP contribution in [0, 0.1) is 0 Å². The van der Waals surface area contributed by atoms with E-state index < -0.39 is 0 Å². The average molecular weight is 289 g/mol. The van der Waals surface area contributed by atoms with E-state index in [0.717, 1.165) is 12.6 Å². The first kappa shape index (κ1) is 16.5. The van der Waals surface area contributed by atoms with Gasteiger partial charge in [0.25, 0.3) is 0 Å². The molecule has 0 bridgehead atoms. The van der Waals surface area contributed by atoms with Gasteiger partial charge < -0.3 is 15.5 Å². The normalized spacial score (nSPS) is 19.4. The molecular formula is C18H31N3. The third kappa shape index (κ3) is 4.53. The van der Waals surface area contributed by atoms with Crippen LogP contribution in [0.15, 0.2) is 24.3 Å². The fourth-order valence-corrected chi connectivity index (χ4v) is 3.13. The molecule has 2 rings (SSSR count). The van der Waals surface area contributed by atoms with E-state index >= 15 is 0 Å². The molecule has 1 unspecified atom stereocenters. The second-order valence-electron chi connectivity index (χ2n) is 6.92. The Labute approximate surface area is 130 Å². The summed E-state index contributed by atoms with van der Waals surface area (Å²) in [5.41, 5.74) is 9.04. The Kier molecular flexibility index (Phi) is 5.80. The second-order valence-corrected chi connectivity index (χ2v) is 6.92. The van der Waals surface area contributed by atoms with E-state index in [0.29, 0.717) is 5.92 Å². The van der Waals surface area contributed by atoms with Crippen LogP contribution in [0.3, 0.4) is 0 Å². The Morgan fingerprint density at radius 2 is 1.62 bits per heavy atom. The van der Waals surface area contributed by atoms with E-state index in [1.165, 1.54) is 37.1 Å². The zero-order valence-corrected chi connectivity index (χ0v) is 14.0. The van der Waals surface area contributed by atoms with Crippen LogP contribution in [0.2, 0.25) is 0 Å². The van der Waals surface area contributed by atoms with E-state index in [1.807, 2.05) is 0 Å². The molecule has 21 heavy (non-hydrogen) atoms. The van der Waals surface area contributed by atoms with Crippen molar-refractivity contribution in [1.29, 1.82) is 0 Å². The topological polar surface area (TPSA) is 32.5 Å². The van der Waals surface area contributed by atoms with Gasteiger partial charge in [0.2, 0.25) is 0 Å². The summed E-state index contributed by atoms with van der Waals surface area (Å²) in [6, 6.07) is 9.71. The fourth-order valence-electron chi connectivity index (χ4n) is 3.13. The van der Waals surface area contributed by atoms with Crippen LogP contribution in [0.4, 0.5) is 0 Å². The van der Waals surface area contributed by atoms with Gasteiger partial charge in [0.1, 0.15) is 0 Å². The highest BCUT2D eigenvalue weighted by Gasteiger charge is 2.22. The number of nitrogens with two attached hydrogens (primary N) is 1. The maximum Gasteiger partial charge on any atom is 0.0424 e. The molecule has 1 aromatic carbocycles. The van der Waals surface area contributed by atoms with Gasteiger partial charge >= 0.3 is 0 Å². The molecule has 0 spiro atoms. The maximum absolute atomic E-state index is 6.39. The van der Waals surface area contributed by atoms with Gasteiger partial charge in [-0.15, -0.1) is 0 Å². The van der Waals surface area contributed by atoms with Crippen molar-refractivity contribution in [3.8, 4) is 0 Å². The second kappa shape index (κ2) is 7.39. The van der Waals surface area contributed by atoms with Crippen molar-refractivity contribution >= 4 is 0 Å². The van der Waals surface area contributed by atoms with Crippen molar-refractivity contribution in [2.45, 2.75) is 44.7 Å². The van der Waals surface area contributed by atoms with Gasteiger partial charge in [-0.2, -0.15) is 0 Å². The van der Waals surface area contributed by atoms with Crippen molar-refractivity contribution in [3.05, 3.63) is 35.4 Å². The van der Waals surface area contributed by atoms with Crippen molar-refractivity contribution in [2.75, 3.05) is 33.7 Å². The molecule has 3 heteroatoms. The predicted molar refractivity (Wildman–Crippen MR) is 90.6 cm³/mol. The molecule has 0 aromatic heterocycles. The lowest BCUT2D eigenvalue weighted by Gasteiger charge is -2.36. The van der Waals surface area contributed by atoms with E-state index in [9.17, 15) is 0 Å². The van der Waals surface area contributed by atoms with Crippen molar-refractivity contribution in [3.63, 3.8) is 0 Å². The first-order chi connectivity index (χ1) is 9.97. The maximum atomic E-state index is 6.39. The summed E-state index contributed by atoms with van der Waals surface area (Å²) in [6.07, 6.45) is 2.51. The van der Waals surface area contributed by atoms with Crippen molar-refractivity contribution in [1.82, 2.24) is 9.80 Å². The van der Waals surface area contributed by atoms with Crippen molar-refractivity contribution < 1.29 is 0 Å². The first-order valence-corrected chi connectivity index (χ1v) is 8.21. The van der Waals surface area contributed by atoms with Crippen molar-refractivity contribution in [2.24, 2.45) is 5.73 Å². The van der Waals surface area contributed by atoms with E-state index in [4.69, 9.17) is 5.73 Å². The van der Waals surface area contributed by atoms with Crippen LogP contribution in [0.5, 0.6) is 0 Å². The SMILES string of the molecule is CC(C)c1ccc(C(N)CN2CCC(N(C)C)CC2)cc1. The molecule has 118 valence electrons. The first-order valence-electron chi connectivity index (χ1n) is 8.21. The minimum absolute atomic E-state index is 0.127. The van der Waals surface area contributed by atoms with Crippen LogP contribution in [0.25, 0.3) is 0 Å². The lowest BCUT2D eigenvalue weighted by molar-refractivity contribution is 0.139. The Bertz CT molecular complexity index is 417. The number of rotatable bonds is 5. The molecule has 2 N–H and O–H groups in total. The standard InChI is InChI=1S/C18H31N3/c1-14(2)15-5-7-16(8-6-15)18(19)13-21-11-9-17(10-12-21)20(3)4/h5-8,14,17-18H,9-13,19H2,1-4H3. The van der Waals surface area contributed by atoms with E-state index in [2.05, 4.69) is 62.0 Å². The minimum Gasteiger partial charge on any atom is -0.323 e. The molecule has 0 aliphatic carbocycles. The highest BCUT2D eigenvalue weighted by atomic mass is 15.2. The van der Waals surface area contributed by atoms with Gasteiger partial charge in [0.05, 0.1) is 0 Å². The summed E-state index contributed by atoms with van der Waals surface area (Å²) in [4.78, 5) is 4.86. The third-order valence-electron chi connectivity index (χ3n) is 4.77. The van der Waals surface area contributed by atoms with Gasteiger partial charge in [-0.05, 0) is 57.1 Å². The Morgan fingerprint density at radius 3 is 2.10 bits per heavy atom. The summed E-state index contributed by atoms with van der Waals surface area (Å²) in [5.74, 6) is 0.584. The van der Waals surface area contributed by atoms with E-state index in [-0.39, 0.29) is 6.04 Å². The number of nitrogens with zero attached hydrogens (tertiary/aromatic N) is 2. The number of piperidine rings is 1. The monoisotopic (exact) mass is 289 g/mol. The Balaban J connectivity index is 1.86.